The minimum absolute atomic E-state index is 0.305. The van der Waals surface area contributed by atoms with E-state index in [1.54, 1.807) is 0 Å². The molecule has 0 radical (unpaired) electrons. The summed E-state index contributed by atoms with van der Waals surface area (Å²) in [7, 11) is 0. The van der Waals surface area contributed by atoms with Crippen LogP contribution in [0, 0.1) is 23.4 Å². The lowest BCUT2D eigenvalue weighted by atomic mass is 9.84. The Morgan fingerprint density at radius 1 is 1.16 bits per heavy atom. The van der Waals surface area contributed by atoms with E-state index < -0.39 is 35.0 Å². The molecular weight excluding hydrogens is 257 g/mol. The van der Waals surface area contributed by atoms with E-state index in [-0.39, 0.29) is 6.04 Å². The van der Waals surface area contributed by atoms with Gasteiger partial charge in [-0.2, -0.15) is 0 Å². The van der Waals surface area contributed by atoms with Gasteiger partial charge in [-0.3, -0.25) is 4.79 Å². The normalized spacial score (nSPS) is 23.2. The van der Waals surface area contributed by atoms with Crippen molar-refractivity contribution < 1.29 is 18.0 Å². The van der Waals surface area contributed by atoms with Gasteiger partial charge in [0.2, 0.25) is 5.91 Å². The summed E-state index contributed by atoms with van der Waals surface area (Å²) >= 11 is 0. The van der Waals surface area contributed by atoms with Crippen LogP contribution in [-0.4, -0.2) is 11.9 Å². The van der Waals surface area contributed by atoms with Crippen LogP contribution in [0.25, 0.3) is 0 Å². The highest BCUT2D eigenvalue weighted by molar-refractivity contribution is 5.93. The van der Waals surface area contributed by atoms with Gasteiger partial charge < -0.3 is 11.1 Å². The number of hydrogen-bond acceptors (Lipinski definition) is 2. The number of amides is 1. The molecule has 1 amide bonds. The maximum atomic E-state index is 13.4. The number of rotatable bonds is 2. The molecule has 2 unspecified atom stereocenters. The Morgan fingerprint density at radius 2 is 1.74 bits per heavy atom. The molecule has 1 saturated carbocycles. The van der Waals surface area contributed by atoms with E-state index in [1.165, 1.54) is 0 Å². The third-order valence-corrected chi connectivity index (χ3v) is 3.41. The maximum Gasteiger partial charge on any atom is 0.229 e. The Hall–Kier alpha value is -1.56. The average molecular weight is 272 g/mol. The van der Waals surface area contributed by atoms with E-state index >= 15 is 0 Å². The van der Waals surface area contributed by atoms with Crippen molar-refractivity contribution >= 4 is 11.6 Å². The van der Waals surface area contributed by atoms with Gasteiger partial charge in [0.15, 0.2) is 11.6 Å². The summed E-state index contributed by atoms with van der Waals surface area (Å²) in [4.78, 5) is 11.9. The lowest BCUT2D eigenvalue weighted by Gasteiger charge is -2.27. The van der Waals surface area contributed by atoms with Crippen LogP contribution in [0.1, 0.15) is 25.7 Å². The van der Waals surface area contributed by atoms with Crippen LogP contribution < -0.4 is 11.1 Å². The molecule has 3 nitrogen and oxygen atoms in total. The first-order valence-electron chi connectivity index (χ1n) is 6.20. The smallest absolute Gasteiger partial charge is 0.229 e. The number of anilines is 1. The molecule has 2 atom stereocenters. The number of halogens is 3. The second-order valence-electron chi connectivity index (χ2n) is 4.79. The van der Waals surface area contributed by atoms with Crippen LogP contribution in [0.3, 0.4) is 0 Å². The number of nitrogens with one attached hydrogen (secondary N) is 1. The molecule has 0 heterocycles. The first kappa shape index (κ1) is 13.9. The highest BCUT2D eigenvalue weighted by Gasteiger charge is 2.29. The zero-order chi connectivity index (χ0) is 14.0. The Morgan fingerprint density at radius 3 is 2.32 bits per heavy atom. The summed E-state index contributed by atoms with van der Waals surface area (Å²) in [6, 6.07) is 0.749. The summed E-state index contributed by atoms with van der Waals surface area (Å²) < 4.78 is 39.6. The van der Waals surface area contributed by atoms with E-state index in [2.05, 4.69) is 5.32 Å². The van der Waals surface area contributed by atoms with Crippen molar-refractivity contribution in [3.63, 3.8) is 0 Å². The molecule has 1 aliphatic carbocycles. The van der Waals surface area contributed by atoms with E-state index in [0.29, 0.717) is 25.0 Å². The van der Waals surface area contributed by atoms with Gasteiger partial charge >= 0.3 is 0 Å². The molecule has 1 aromatic carbocycles. The summed E-state index contributed by atoms with van der Waals surface area (Å²) in [5, 5.41) is 2.17. The van der Waals surface area contributed by atoms with Crippen LogP contribution >= 0.6 is 0 Å². The van der Waals surface area contributed by atoms with E-state index in [9.17, 15) is 18.0 Å². The summed E-state index contributed by atoms with van der Waals surface area (Å²) in [5.41, 5.74) is 5.20. The van der Waals surface area contributed by atoms with Gasteiger partial charge in [0.05, 0.1) is 5.92 Å². The fourth-order valence-corrected chi connectivity index (χ4v) is 2.36. The summed E-state index contributed by atoms with van der Waals surface area (Å²) in [6.07, 6.45) is 3.12. The average Bonchev–Trinajstić information content (AvgIpc) is 2.34. The van der Waals surface area contributed by atoms with Crippen LogP contribution in [0.2, 0.25) is 0 Å². The predicted molar refractivity (Wildman–Crippen MR) is 64.9 cm³/mol. The monoisotopic (exact) mass is 272 g/mol. The maximum absolute atomic E-state index is 13.4. The molecule has 0 aromatic heterocycles. The fraction of sp³-hybridized carbons (Fsp3) is 0.462. The number of hydrogen-bond donors (Lipinski definition) is 2. The molecule has 3 N–H and O–H groups in total. The second kappa shape index (κ2) is 5.61. The van der Waals surface area contributed by atoms with Crippen molar-refractivity contribution in [1.29, 1.82) is 0 Å². The molecule has 1 aromatic rings. The number of carbonyl (C=O) groups is 1. The van der Waals surface area contributed by atoms with E-state index in [4.69, 9.17) is 5.73 Å². The zero-order valence-corrected chi connectivity index (χ0v) is 10.3. The fourth-order valence-electron chi connectivity index (χ4n) is 2.36. The first-order chi connectivity index (χ1) is 8.99. The van der Waals surface area contributed by atoms with Crippen molar-refractivity contribution in [3.8, 4) is 0 Å². The van der Waals surface area contributed by atoms with Gasteiger partial charge in [-0.05, 0) is 12.8 Å². The minimum Gasteiger partial charge on any atom is -0.327 e. The van der Waals surface area contributed by atoms with Gasteiger partial charge in [-0.1, -0.05) is 12.8 Å². The van der Waals surface area contributed by atoms with Crippen LogP contribution in [0.4, 0.5) is 18.9 Å². The lowest BCUT2D eigenvalue weighted by molar-refractivity contribution is -0.121. The van der Waals surface area contributed by atoms with Crippen molar-refractivity contribution in [3.05, 3.63) is 29.6 Å². The van der Waals surface area contributed by atoms with Crippen molar-refractivity contribution in [2.24, 2.45) is 11.7 Å². The third-order valence-electron chi connectivity index (χ3n) is 3.41. The quantitative estimate of drug-likeness (QED) is 0.869. The first-order valence-corrected chi connectivity index (χ1v) is 6.20. The molecule has 1 aliphatic rings. The van der Waals surface area contributed by atoms with Crippen molar-refractivity contribution in [2.75, 3.05) is 5.32 Å². The molecule has 0 aliphatic heterocycles. The topological polar surface area (TPSA) is 55.1 Å². The molecule has 0 saturated heterocycles. The van der Waals surface area contributed by atoms with Crippen LogP contribution in [-0.2, 0) is 4.79 Å². The van der Waals surface area contributed by atoms with Crippen molar-refractivity contribution in [1.82, 2.24) is 0 Å². The summed E-state index contributed by atoms with van der Waals surface area (Å²) in [5.74, 6) is -4.26. The van der Waals surface area contributed by atoms with E-state index in [1.807, 2.05) is 0 Å². The van der Waals surface area contributed by atoms with Gasteiger partial charge in [0.25, 0.3) is 0 Å². The molecule has 1 fully saturated rings. The Balaban J connectivity index is 2.14. The molecule has 2 rings (SSSR count). The van der Waals surface area contributed by atoms with Gasteiger partial charge in [0.1, 0.15) is 11.5 Å². The second-order valence-corrected chi connectivity index (χ2v) is 4.79. The largest absolute Gasteiger partial charge is 0.327 e. The van der Waals surface area contributed by atoms with Gasteiger partial charge in [-0.15, -0.1) is 0 Å². The molecule has 6 heteroatoms. The Labute approximate surface area is 109 Å². The zero-order valence-electron chi connectivity index (χ0n) is 10.3. The van der Waals surface area contributed by atoms with Crippen molar-refractivity contribution in [2.45, 2.75) is 31.7 Å². The third kappa shape index (κ3) is 3.07. The van der Waals surface area contributed by atoms with Gasteiger partial charge in [0, 0.05) is 18.2 Å². The standard InChI is InChI=1S/C13H15F3N2O/c14-7-5-9(15)12(10(16)6-7)18-13(19)8-3-1-2-4-11(8)17/h5-6,8,11H,1-4,17H2,(H,18,19). The Kier molecular flexibility index (Phi) is 4.09. The van der Waals surface area contributed by atoms with E-state index in [0.717, 1.165) is 12.8 Å². The molecule has 0 spiro atoms. The highest BCUT2D eigenvalue weighted by Crippen LogP contribution is 2.26. The molecule has 104 valence electrons. The van der Waals surface area contributed by atoms with Crippen LogP contribution in [0.15, 0.2) is 12.1 Å². The molecule has 0 bridgehead atoms. The Bertz CT molecular complexity index is 470. The lowest BCUT2D eigenvalue weighted by Crippen LogP contribution is -2.41. The molecular formula is C13H15F3N2O. The number of carbonyl (C=O) groups excluding carboxylic acids is 1. The SMILES string of the molecule is NC1CCCCC1C(=O)Nc1c(F)cc(F)cc1F. The van der Waals surface area contributed by atoms with Crippen LogP contribution in [0.5, 0.6) is 0 Å². The molecule has 19 heavy (non-hydrogen) atoms. The number of nitrogens with two attached hydrogens (primary N) is 1. The highest BCUT2D eigenvalue weighted by atomic mass is 19.1. The number of benzene rings is 1. The predicted octanol–water partition coefficient (Wildman–Crippen LogP) is 2.56. The van der Waals surface area contributed by atoms with Gasteiger partial charge in [-0.25, -0.2) is 13.2 Å². The minimum atomic E-state index is -1.13. The summed E-state index contributed by atoms with van der Waals surface area (Å²) in [6.45, 7) is 0.